The average molecular weight is 221 g/mol. The summed E-state index contributed by atoms with van der Waals surface area (Å²) in [6.45, 7) is 4.37. The molecular weight excluding hydrogens is 206 g/mol. The summed E-state index contributed by atoms with van der Waals surface area (Å²) in [6.07, 6.45) is 3.49. The molecule has 0 spiro atoms. The normalized spacial score (nSPS) is 10.9. The van der Waals surface area contributed by atoms with E-state index in [2.05, 4.69) is 32.7 Å². The van der Waals surface area contributed by atoms with Gasteiger partial charge >= 0.3 is 0 Å². The maximum absolute atomic E-state index is 4.04. The van der Waals surface area contributed by atoms with Crippen LogP contribution in [0.15, 0.2) is 12.5 Å². The third-order valence-corrected chi connectivity index (χ3v) is 2.43. The first-order chi connectivity index (χ1) is 7.81. The summed E-state index contributed by atoms with van der Waals surface area (Å²) < 4.78 is 3.76. The van der Waals surface area contributed by atoms with E-state index in [0.717, 1.165) is 24.6 Å². The molecule has 7 nitrogen and oxygen atoms in total. The van der Waals surface area contributed by atoms with Crippen LogP contribution >= 0.6 is 0 Å². The maximum Gasteiger partial charge on any atom is 0.146 e. The molecule has 0 fully saturated rings. The van der Waals surface area contributed by atoms with Gasteiger partial charge in [-0.1, -0.05) is 5.21 Å². The van der Waals surface area contributed by atoms with Crippen LogP contribution in [0.25, 0.3) is 0 Å². The quantitative estimate of drug-likeness (QED) is 0.751. The summed E-state index contributed by atoms with van der Waals surface area (Å²) in [4.78, 5) is 0. The lowest BCUT2D eigenvalue weighted by molar-refractivity contribution is 0.582. The van der Waals surface area contributed by atoms with Crippen molar-refractivity contribution in [2.24, 2.45) is 7.05 Å². The minimum absolute atomic E-state index is 0.693. The fourth-order valence-electron chi connectivity index (χ4n) is 1.45. The van der Waals surface area contributed by atoms with Gasteiger partial charge in [0.15, 0.2) is 0 Å². The van der Waals surface area contributed by atoms with Crippen LogP contribution in [0.3, 0.4) is 0 Å². The molecule has 0 saturated carbocycles. The van der Waals surface area contributed by atoms with Gasteiger partial charge in [0.1, 0.15) is 12.2 Å². The van der Waals surface area contributed by atoms with Gasteiger partial charge < -0.3 is 9.88 Å². The summed E-state index contributed by atoms with van der Waals surface area (Å²) in [5.41, 5.74) is 1.04. The number of nitrogens with zero attached hydrogens (tertiary/aromatic N) is 6. The number of hydrogen-bond donors (Lipinski definition) is 1. The smallest absolute Gasteiger partial charge is 0.146 e. The van der Waals surface area contributed by atoms with Crippen LogP contribution in [0.4, 0.5) is 0 Å². The van der Waals surface area contributed by atoms with E-state index in [1.807, 2.05) is 11.6 Å². The third kappa shape index (κ3) is 2.25. The van der Waals surface area contributed by atoms with E-state index in [4.69, 9.17) is 0 Å². The van der Waals surface area contributed by atoms with Gasteiger partial charge in [-0.2, -0.15) is 0 Å². The van der Waals surface area contributed by atoms with Crippen molar-refractivity contribution in [2.75, 3.05) is 0 Å². The minimum Gasteiger partial charge on any atom is -0.317 e. The van der Waals surface area contributed by atoms with Crippen molar-refractivity contribution >= 4 is 0 Å². The van der Waals surface area contributed by atoms with Gasteiger partial charge in [0, 0.05) is 20.1 Å². The van der Waals surface area contributed by atoms with Crippen molar-refractivity contribution in [3.05, 3.63) is 24.0 Å². The minimum atomic E-state index is 0.693. The fraction of sp³-hybridized carbons (Fsp3) is 0.556. The van der Waals surface area contributed by atoms with Gasteiger partial charge in [-0.05, 0) is 6.92 Å². The highest BCUT2D eigenvalue weighted by atomic mass is 15.4. The Labute approximate surface area is 93.5 Å². The summed E-state index contributed by atoms with van der Waals surface area (Å²) in [5.74, 6) is 0.942. The third-order valence-electron chi connectivity index (χ3n) is 2.43. The fourth-order valence-corrected chi connectivity index (χ4v) is 1.45. The second-order valence-electron chi connectivity index (χ2n) is 3.49. The predicted octanol–water partition coefficient (Wildman–Crippen LogP) is -0.284. The van der Waals surface area contributed by atoms with Gasteiger partial charge in [-0.15, -0.1) is 15.3 Å². The largest absolute Gasteiger partial charge is 0.317 e. The van der Waals surface area contributed by atoms with Crippen molar-refractivity contribution in [1.29, 1.82) is 0 Å². The van der Waals surface area contributed by atoms with Crippen molar-refractivity contribution in [1.82, 2.24) is 35.1 Å². The summed E-state index contributed by atoms with van der Waals surface area (Å²) in [5, 5.41) is 18.9. The van der Waals surface area contributed by atoms with E-state index in [-0.39, 0.29) is 0 Å². The summed E-state index contributed by atoms with van der Waals surface area (Å²) in [7, 11) is 1.87. The molecule has 1 N–H and O–H groups in total. The van der Waals surface area contributed by atoms with Gasteiger partial charge in [-0.25, -0.2) is 0 Å². The molecule has 0 radical (unpaired) electrons. The van der Waals surface area contributed by atoms with Crippen molar-refractivity contribution in [3.8, 4) is 0 Å². The standard InChI is InChI=1S/C9H15N7/c1-3-16-7-12-13-9(16)6-10-4-8-5-11-14-15(8)2/h5,7,10H,3-4,6H2,1-2H3. The van der Waals surface area contributed by atoms with E-state index >= 15 is 0 Å². The molecular formula is C9H15N7. The zero-order valence-electron chi connectivity index (χ0n) is 9.46. The lowest BCUT2D eigenvalue weighted by Gasteiger charge is -2.05. The Balaban J connectivity index is 1.87. The van der Waals surface area contributed by atoms with Crippen LogP contribution in [-0.4, -0.2) is 29.8 Å². The molecule has 0 amide bonds. The molecule has 2 heterocycles. The Kier molecular flexibility index (Phi) is 3.25. The van der Waals surface area contributed by atoms with Crippen LogP contribution in [0.2, 0.25) is 0 Å². The van der Waals surface area contributed by atoms with Crippen molar-refractivity contribution < 1.29 is 0 Å². The molecule has 2 aromatic rings. The highest BCUT2D eigenvalue weighted by molar-refractivity contribution is 4.93. The summed E-state index contributed by atoms with van der Waals surface area (Å²) >= 11 is 0. The molecule has 0 aliphatic heterocycles. The number of nitrogens with one attached hydrogen (secondary N) is 1. The van der Waals surface area contributed by atoms with Gasteiger partial charge in [-0.3, -0.25) is 4.68 Å². The highest BCUT2D eigenvalue weighted by Crippen LogP contribution is 1.96. The highest BCUT2D eigenvalue weighted by Gasteiger charge is 2.03. The van der Waals surface area contributed by atoms with Gasteiger partial charge in [0.05, 0.1) is 18.4 Å². The first-order valence-corrected chi connectivity index (χ1v) is 5.22. The molecule has 0 atom stereocenters. The molecule has 86 valence electrons. The Bertz CT molecular complexity index is 444. The molecule has 0 aromatic carbocycles. The molecule has 0 aliphatic rings. The second kappa shape index (κ2) is 4.84. The number of aromatic nitrogens is 6. The van der Waals surface area contributed by atoms with Crippen molar-refractivity contribution in [3.63, 3.8) is 0 Å². The number of rotatable bonds is 5. The van der Waals surface area contributed by atoms with Crippen LogP contribution in [0.1, 0.15) is 18.4 Å². The molecule has 2 aromatic heterocycles. The van der Waals surface area contributed by atoms with Crippen LogP contribution in [0, 0.1) is 0 Å². The molecule has 0 saturated heterocycles. The Hall–Kier alpha value is -1.76. The lowest BCUT2D eigenvalue weighted by Crippen LogP contribution is -2.18. The number of aryl methyl sites for hydroxylation is 2. The maximum atomic E-state index is 4.04. The average Bonchev–Trinajstić information content (AvgIpc) is 2.88. The van der Waals surface area contributed by atoms with Crippen LogP contribution in [0.5, 0.6) is 0 Å². The second-order valence-corrected chi connectivity index (χ2v) is 3.49. The zero-order chi connectivity index (χ0) is 11.4. The first-order valence-electron chi connectivity index (χ1n) is 5.22. The van der Waals surface area contributed by atoms with E-state index in [0.29, 0.717) is 6.54 Å². The molecule has 0 aliphatic carbocycles. The zero-order valence-corrected chi connectivity index (χ0v) is 9.46. The molecule has 2 rings (SSSR count). The van der Waals surface area contributed by atoms with Gasteiger partial charge in [0.25, 0.3) is 0 Å². The molecule has 16 heavy (non-hydrogen) atoms. The van der Waals surface area contributed by atoms with E-state index in [1.165, 1.54) is 0 Å². The molecule has 7 heteroatoms. The van der Waals surface area contributed by atoms with Crippen molar-refractivity contribution in [2.45, 2.75) is 26.6 Å². The lowest BCUT2D eigenvalue weighted by atomic mass is 10.4. The first kappa shape index (κ1) is 10.7. The molecule has 0 unspecified atom stereocenters. The molecule has 0 bridgehead atoms. The predicted molar refractivity (Wildman–Crippen MR) is 57.2 cm³/mol. The summed E-state index contributed by atoms with van der Waals surface area (Å²) in [6, 6.07) is 0. The van der Waals surface area contributed by atoms with E-state index in [1.54, 1.807) is 17.2 Å². The topological polar surface area (TPSA) is 73.5 Å². The number of hydrogen-bond acceptors (Lipinski definition) is 5. The Morgan fingerprint density at radius 1 is 1.31 bits per heavy atom. The SMILES string of the molecule is CCn1cnnc1CNCc1cnnn1C. The Morgan fingerprint density at radius 3 is 2.88 bits per heavy atom. The van der Waals surface area contributed by atoms with Crippen LogP contribution in [-0.2, 0) is 26.7 Å². The van der Waals surface area contributed by atoms with E-state index in [9.17, 15) is 0 Å². The monoisotopic (exact) mass is 221 g/mol. The van der Waals surface area contributed by atoms with E-state index < -0.39 is 0 Å². The van der Waals surface area contributed by atoms with Gasteiger partial charge in [0.2, 0.25) is 0 Å². The van der Waals surface area contributed by atoms with Crippen LogP contribution < -0.4 is 5.32 Å². The Morgan fingerprint density at radius 2 is 2.19 bits per heavy atom.